The largest absolute Gasteiger partial charge is 0.380 e. The Labute approximate surface area is 165 Å². The fourth-order valence-corrected chi connectivity index (χ4v) is 3.12. The van der Waals surface area contributed by atoms with E-state index >= 15 is 0 Å². The van der Waals surface area contributed by atoms with E-state index in [0.29, 0.717) is 17.8 Å². The summed E-state index contributed by atoms with van der Waals surface area (Å²) in [7, 11) is 1.53. The van der Waals surface area contributed by atoms with Crippen molar-refractivity contribution < 1.29 is 14.3 Å². The number of ether oxygens (including phenoxy) is 1. The molecule has 0 aliphatic carbocycles. The quantitative estimate of drug-likeness (QED) is 0.795. The zero-order valence-corrected chi connectivity index (χ0v) is 16.0. The number of nitrogens with zero attached hydrogens (tertiary/aromatic N) is 1. The third kappa shape index (κ3) is 4.86. The SMILES string of the molecule is COC(CN)CC(=O)Nc1cccc(C(=O)N2CCc3ccccc32)c1.Cl. The number of carbonyl (C=O) groups is 2. The van der Waals surface area contributed by atoms with Crippen molar-refractivity contribution in [1.82, 2.24) is 0 Å². The third-order valence-corrected chi connectivity index (χ3v) is 4.53. The van der Waals surface area contributed by atoms with Gasteiger partial charge in [0, 0.05) is 37.1 Å². The molecule has 0 bridgehead atoms. The molecule has 1 aliphatic heterocycles. The molecule has 1 aliphatic rings. The summed E-state index contributed by atoms with van der Waals surface area (Å²) >= 11 is 0. The lowest BCUT2D eigenvalue weighted by atomic mass is 10.1. The van der Waals surface area contributed by atoms with E-state index in [2.05, 4.69) is 5.32 Å². The highest BCUT2D eigenvalue weighted by Gasteiger charge is 2.25. The van der Waals surface area contributed by atoms with Crippen LogP contribution >= 0.6 is 12.4 Å². The number of hydrogen-bond donors (Lipinski definition) is 2. The molecule has 2 aromatic rings. The van der Waals surface area contributed by atoms with Crippen molar-refractivity contribution in [2.24, 2.45) is 5.73 Å². The summed E-state index contributed by atoms with van der Waals surface area (Å²) in [6.07, 6.45) is 0.710. The lowest BCUT2D eigenvalue weighted by Gasteiger charge is -2.18. The first-order valence-corrected chi connectivity index (χ1v) is 8.65. The van der Waals surface area contributed by atoms with Gasteiger partial charge in [0.15, 0.2) is 0 Å². The first-order chi connectivity index (χ1) is 12.6. The Balaban J connectivity index is 0.00000261. The zero-order valence-electron chi connectivity index (χ0n) is 15.2. The van der Waals surface area contributed by atoms with Gasteiger partial charge >= 0.3 is 0 Å². The van der Waals surface area contributed by atoms with Crippen molar-refractivity contribution in [3.8, 4) is 0 Å². The van der Waals surface area contributed by atoms with E-state index in [-0.39, 0.29) is 43.3 Å². The van der Waals surface area contributed by atoms with Gasteiger partial charge in [-0.05, 0) is 36.2 Å². The summed E-state index contributed by atoms with van der Waals surface area (Å²) in [5, 5.41) is 2.80. The molecule has 3 N–H and O–H groups in total. The molecule has 0 aromatic heterocycles. The van der Waals surface area contributed by atoms with Gasteiger partial charge in [-0.15, -0.1) is 12.4 Å². The average molecular weight is 390 g/mol. The van der Waals surface area contributed by atoms with E-state index in [1.165, 1.54) is 12.7 Å². The molecule has 144 valence electrons. The molecule has 0 saturated carbocycles. The number of methoxy groups -OCH3 is 1. The van der Waals surface area contributed by atoms with Crippen molar-refractivity contribution in [3.63, 3.8) is 0 Å². The molecule has 0 spiro atoms. The Morgan fingerprint density at radius 3 is 2.74 bits per heavy atom. The van der Waals surface area contributed by atoms with Crippen molar-refractivity contribution in [1.29, 1.82) is 0 Å². The molecule has 1 unspecified atom stereocenters. The van der Waals surface area contributed by atoms with Gasteiger partial charge in [-0.25, -0.2) is 0 Å². The highest BCUT2D eigenvalue weighted by atomic mass is 35.5. The molecule has 2 aromatic carbocycles. The number of nitrogens with one attached hydrogen (secondary N) is 1. The van der Waals surface area contributed by atoms with Crippen molar-refractivity contribution >= 4 is 35.6 Å². The van der Waals surface area contributed by atoms with Crippen molar-refractivity contribution in [2.45, 2.75) is 18.9 Å². The highest BCUT2D eigenvalue weighted by Crippen LogP contribution is 2.29. The second kappa shape index (κ2) is 9.50. The lowest BCUT2D eigenvalue weighted by molar-refractivity contribution is -0.118. The molecule has 3 rings (SSSR count). The molecule has 0 fully saturated rings. The number of hydrogen-bond acceptors (Lipinski definition) is 4. The molecule has 7 heteroatoms. The molecule has 27 heavy (non-hydrogen) atoms. The topological polar surface area (TPSA) is 84.7 Å². The van der Waals surface area contributed by atoms with Gasteiger partial charge in [-0.1, -0.05) is 24.3 Å². The minimum Gasteiger partial charge on any atom is -0.380 e. The monoisotopic (exact) mass is 389 g/mol. The fourth-order valence-electron chi connectivity index (χ4n) is 3.12. The van der Waals surface area contributed by atoms with Crippen LogP contribution in [0.4, 0.5) is 11.4 Å². The van der Waals surface area contributed by atoms with Gasteiger partial charge in [0.05, 0.1) is 12.5 Å². The first kappa shape index (κ1) is 20.9. The Hall–Kier alpha value is -2.41. The second-order valence-corrected chi connectivity index (χ2v) is 6.26. The van der Waals surface area contributed by atoms with E-state index in [1.54, 1.807) is 29.2 Å². The molecular formula is C20H24ClN3O3. The molecule has 2 amide bonds. The van der Waals surface area contributed by atoms with Crippen LogP contribution in [-0.4, -0.2) is 38.1 Å². The zero-order chi connectivity index (χ0) is 18.5. The minimum absolute atomic E-state index is 0. The molecule has 1 atom stereocenters. The third-order valence-electron chi connectivity index (χ3n) is 4.53. The smallest absolute Gasteiger partial charge is 0.258 e. The average Bonchev–Trinajstić information content (AvgIpc) is 3.09. The van der Waals surface area contributed by atoms with Gasteiger partial charge in [0.2, 0.25) is 5.91 Å². The number of anilines is 2. The van der Waals surface area contributed by atoms with Crippen LogP contribution < -0.4 is 16.0 Å². The molecule has 6 nitrogen and oxygen atoms in total. The van der Waals surface area contributed by atoms with Gasteiger partial charge in [-0.3, -0.25) is 9.59 Å². The second-order valence-electron chi connectivity index (χ2n) is 6.26. The van der Waals surface area contributed by atoms with Crippen LogP contribution in [0.3, 0.4) is 0 Å². The maximum absolute atomic E-state index is 12.9. The van der Waals surface area contributed by atoms with Crippen molar-refractivity contribution in [2.75, 3.05) is 30.4 Å². The van der Waals surface area contributed by atoms with Crippen LogP contribution in [0.5, 0.6) is 0 Å². The number of nitrogens with two attached hydrogens (primary N) is 1. The van der Waals surface area contributed by atoms with Crippen LogP contribution in [0.15, 0.2) is 48.5 Å². The van der Waals surface area contributed by atoms with Crippen LogP contribution in [0.1, 0.15) is 22.3 Å². The summed E-state index contributed by atoms with van der Waals surface area (Å²) in [5.74, 6) is -0.263. The van der Waals surface area contributed by atoms with Gasteiger partial charge in [-0.2, -0.15) is 0 Å². The van der Waals surface area contributed by atoms with E-state index in [9.17, 15) is 9.59 Å². The normalized spacial score (nSPS) is 13.5. The highest BCUT2D eigenvalue weighted by molar-refractivity contribution is 6.08. The van der Waals surface area contributed by atoms with E-state index in [0.717, 1.165) is 12.1 Å². The van der Waals surface area contributed by atoms with Crippen LogP contribution in [0.25, 0.3) is 0 Å². The number of fused-ring (bicyclic) bond motifs is 1. The maximum atomic E-state index is 12.9. The summed E-state index contributed by atoms with van der Waals surface area (Å²) in [5.41, 5.74) is 8.80. The molecule has 0 radical (unpaired) electrons. The predicted octanol–water partition coefficient (Wildman–Crippen LogP) is 2.61. The van der Waals surface area contributed by atoms with E-state index < -0.39 is 0 Å². The van der Waals surface area contributed by atoms with Gasteiger partial charge < -0.3 is 20.7 Å². The molecule has 0 saturated heterocycles. The standard InChI is InChI=1S/C20H23N3O3.ClH/c1-26-17(13-21)12-19(24)22-16-7-4-6-15(11-16)20(25)23-10-9-14-5-2-3-8-18(14)23;/h2-8,11,17H,9-10,12-13,21H2,1H3,(H,22,24);1H. The number of rotatable bonds is 6. The molecular weight excluding hydrogens is 366 g/mol. The van der Waals surface area contributed by atoms with Gasteiger partial charge in [0.25, 0.3) is 5.91 Å². The summed E-state index contributed by atoms with van der Waals surface area (Å²) in [6.45, 7) is 0.942. The van der Waals surface area contributed by atoms with Gasteiger partial charge in [0.1, 0.15) is 0 Å². The Bertz CT molecular complexity index is 809. The van der Waals surface area contributed by atoms with Crippen LogP contribution in [-0.2, 0) is 16.0 Å². The Morgan fingerprint density at radius 1 is 1.22 bits per heavy atom. The predicted molar refractivity (Wildman–Crippen MR) is 109 cm³/mol. The van der Waals surface area contributed by atoms with Crippen molar-refractivity contribution in [3.05, 3.63) is 59.7 Å². The Morgan fingerprint density at radius 2 is 2.00 bits per heavy atom. The minimum atomic E-state index is -0.319. The number of para-hydroxylation sites is 1. The van der Waals surface area contributed by atoms with E-state index in [4.69, 9.17) is 10.5 Å². The number of carbonyl (C=O) groups excluding carboxylic acids is 2. The number of benzene rings is 2. The molecule has 1 heterocycles. The van der Waals surface area contributed by atoms with E-state index in [1.807, 2.05) is 24.3 Å². The maximum Gasteiger partial charge on any atom is 0.258 e. The summed E-state index contributed by atoms with van der Waals surface area (Å²) in [4.78, 5) is 26.8. The Kier molecular flexibility index (Phi) is 7.36. The fraction of sp³-hybridized carbons (Fsp3) is 0.300. The van der Waals surface area contributed by atoms with Crippen LogP contribution in [0, 0.1) is 0 Å². The van der Waals surface area contributed by atoms with Crippen LogP contribution in [0.2, 0.25) is 0 Å². The lowest BCUT2D eigenvalue weighted by Crippen LogP contribution is -2.29. The summed E-state index contributed by atoms with van der Waals surface area (Å²) < 4.78 is 5.12. The number of amides is 2. The number of halogens is 1. The summed E-state index contributed by atoms with van der Waals surface area (Å²) in [6, 6.07) is 14.9. The first-order valence-electron chi connectivity index (χ1n) is 8.65.